The highest BCUT2D eigenvalue weighted by molar-refractivity contribution is 7.99. The fourth-order valence-electron chi connectivity index (χ4n) is 1.72. The van der Waals surface area contributed by atoms with Crippen molar-refractivity contribution in [3.05, 3.63) is 45.6 Å². The maximum atomic E-state index is 11.7. The van der Waals surface area contributed by atoms with Gasteiger partial charge in [-0.15, -0.1) is 23.1 Å². The van der Waals surface area contributed by atoms with Gasteiger partial charge in [0.05, 0.1) is 17.2 Å². The Hall–Kier alpha value is -1.70. The maximum absolute atomic E-state index is 11.7. The molecule has 1 amide bonds. The summed E-state index contributed by atoms with van der Waals surface area (Å²) in [6, 6.07) is 10.6. The van der Waals surface area contributed by atoms with Gasteiger partial charge in [-0.25, -0.2) is 0 Å². The second kappa shape index (κ2) is 9.56. The van der Waals surface area contributed by atoms with Crippen molar-refractivity contribution in [3.8, 4) is 5.75 Å². The molecule has 5 nitrogen and oxygen atoms in total. The zero-order valence-corrected chi connectivity index (χ0v) is 15.3. The first kappa shape index (κ1) is 18.6. The van der Waals surface area contributed by atoms with E-state index in [1.54, 1.807) is 31.4 Å². The van der Waals surface area contributed by atoms with E-state index < -0.39 is 5.97 Å². The number of methoxy groups -OCH3 is 1. The molecule has 8 heteroatoms. The number of thiophene rings is 1. The van der Waals surface area contributed by atoms with E-state index >= 15 is 0 Å². The smallest absolute Gasteiger partial charge is 0.316 e. The van der Waals surface area contributed by atoms with Crippen LogP contribution in [0.25, 0.3) is 0 Å². The van der Waals surface area contributed by atoms with Crippen LogP contribution in [0.2, 0.25) is 4.34 Å². The zero-order chi connectivity index (χ0) is 17.4. The van der Waals surface area contributed by atoms with Crippen LogP contribution in [0.5, 0.6) is 5.75 Å². The predicted octanol–water partition coefficient (Wildman–Crippen LogP) is 3.83. The van der Waals surface area contributed by atoms with Crippen molar-refractivity contribution < 1.29 is 19.1 Å². The number of esters is 1. The average molecular weight is 386 g/mol. The molecule has 0 fully saturated rings. The number of rotatable bonds is 8. The Morgan fingerprint density at radius 1 is 1.21 bits per heavy atom. The lowest BCUT2D eigenvalue weighted by molar-refractivity contribution is -0.144. The Kier molecular flexibility index (Phi) is 7.42. The summed E-state index contributed by atoms with van der Waals surface area (Å²) >= 11 is 8.74. The maximum Gasteiger partial charge on any atom is 0.316 e. The minimum atomic E-state index is -0.424. The van der Waals surface area contributed by atoms with E-state index in [2.05, 4.69) is 5.32 Å². The molecule has 0 saturated carbocycles. The number of ether oxygens (including phenoxy) is 2. The third-order valence-electron chi connectivity index (χ3n) is 2.83. The lowest BCUT2D eigenvalue weighted by Crippen LogP contribution is -2.21. The normalized spacial score (nSPS) is 10.2. The van der Waals surface area contributed by atoms with Crippen LogP contribution in [0.4, 0.5) is 5.69 Å². The van der Waals surface area contributed by atoms with Gasteiger partial charge in [0.2, 0.25) is 0 Å². The minimum absolute atomic E-state index is 0.186. The van der Waals surface area contributed by atoms with Crippen LogP contribution in [0.3, 0.4) is 0 Å². The number of carbonyl (C=O) groups excluding carboxylic acids is 2. The van der Waals surface area contributed by atoms with Crippen LogP contribution >= 0.6 is 34.7 Å². The summed E-state index contributed by atoms with van der Waals surface area (Å²) in [6.07, 6.45) is 0. The lowest BCUT2D eigenvalue weighted by atomic mass is 10.3. The summed E-state index contributed by atoms with van der Waals surface area (Å²) < 4.78 is 10.7. The van der Waals surface area contributed by atoms with Gasteiger partial charge in [-0.1, -0.05) is 11.6 Å². The molecular formula is C16H16ClNO4S2. The Morgan fingerprint density at radius 2 is 1.96 bits per heavy atom. The summed E-state index contributed by atoms with van der Waals surface area (Å²) in [5.41, 5.74) is 0.612. The van der Waals surface area contributed by atoms with Crippen molar-refractivity contribution in [1.29, 1.82) is 0 Å². The molecular weight excluding hydrogens is 370 g/mol. The minimum Gasteiger partial charge on any atom is -0.497 e. The first-order valence-electron chi connectivity index (χ1n) is 6.98. The standard InChI is InChI=1S/C16H16ClNO4S2/c1-21-12-4-2-11(3-5-12)18-15(19)8-22-16(20)10-23-9-13-6-7-14(17)24-13/h2-7H,8-10H2,1H3,(H,18,19). The van der Waals surface area contributed by atoms with Crippen molar-refractivity contribution in [2.24, 2.45) is 0 Å². The molecule has 1 N–H and O–H groups in total. The number of thioether (sulfide) groups is 1. The number of nitrogens with one attached hydrogen (secondary N) is 1. The number of carbonyl (C=O) groups is 2. The van der Waals surface area contributed by atoms with Gasteiger partial charge in [-0.05, 0) is 36.4 Å². The monoisotopic (exact) mass is 385 g/mol. The van der Waals surface area contributed by atoms with E-state index in [9.17, 15) is 9.59 Å². The molecule has 128 valence electrons. The van der Waals surface area contributed by atoms with E-state index in [-0.39, 0.29) is 18.3 Å². The van der Waals surface area contributed by atoms with Crippen molar-refractivity contribution in [3.63, 3.8) is 0 Å². The van der Waals surface area contributed by atoms with Crippen LogP contribution < -0.4 is 10.1 Å². The van der Waals surface area contributed by atoms with E-state index in [0.29, 0.717) is 17.2 Å². The predicted molar refractivity (Wildman–Crippen MR) is 98.1 cm³/mol. The van der Waals surface area contributed by atoms with Crippen LogP contribution in [0.1, 0.15) is 4.88 Å². The summed E-state index contributed by atoms with van der Waals surface area (Å²) in [5, 5.41) is 2.64. The summed E-state index contributed by atoms with van der Waals surface area (Å²) in [7, 11) is 1.57. The van der Waals surface area contributed by atoms with Crippen molar-refractivity contribution >= 4 is 52.3 Å². The van der Waals surface area contributed by atoms with Crippen LogP contribution in [0.15, 0.2) is 36.4 Å². The molecule has 1 heterocycles. The molecule has 0 aliphatic heterocycles. The van der Waals surface area contributed by atoms with Crippen LogP contribution in [-0.4, -0.2) is 31.3 Å². The Labute approximate surface area is 153 Å². The number of benzene rings is 1. The third-order valence-corrected chi connectivity index (χ3v) is 5.20. The number of halogens is 1. The highest BCUT2D eigenvalue weighted by Gasteiger charge is 2.09. The molecule has 0 aliphatic carbocycles. The van der Waals surface area contributed by atoms with Gasteiger partial charge in [0.1, 0.15) is 5.75 Å². The molecule has 2 aromatic rings. The first-order valence-corrected chi connectivity index (χ1v) is 9.33. The van der Waals surface area contributed by atoms with Gasteiger partial charge < -0.3 is 14.8 Å². The van der Waals surface area contributed by atoms with Crippen LogP contribution in [0, 0.1) is 0 Å². The Morgan fingerprint density at radius 3 is 2.58 bits per heavy atom. The SMILES string of the molecule is COc1ccc(NC(=O)COC(=O)CSCc2ccc(Cl)s2)cc1. The Balaban J connectivity index is 1.64. The van der Waals surface area contributed by atoms with Gasteiger partial charge >= 0.3 is 5.97 Å². The summed E-state index contributed by atoms with van der Waals surface area (Å²) in [4.78, 5) is 24.4. The van der Waals surface area contributed by atoms with Crippen molar-refractivity contribution in [1.82, 2.24) is 0 Å². The Bertz CT molecular complexity index is 688. The van der Waals surface area contributed by atoms with Crippen molar-refractivity contribution in [2.75, 3.05) is 24.8 Å². The zero-order valence-electron chi connectivity index (χ0n) is 12.9. The number of hydrogen-bond acceptors (Lipinski definition) is 6. The van der Waals surface area contributed by atoms with E-state index in [1.165, 1.54) is 23.1 Å². The van der Waals surface area contributed by atoms with E-state index in [4.69, 9.17) is 21.1 Å². The molecule has 0 saturated heterocycles. The molecule has 0 unspecified atom stereocenters. The molecule has 1 aromatic carbocycles. The first-order chi connectivity index (χ1) is 11.6. The summed E-state index contributed by atoms with van der Waals surface area (Å²) in [6.45, 7) is -0.309. The molecule has 0 aliphatic rings. The van der Waals surface area contributed by atoms with Crippen molar-refractivity contribution in [2.45, 2.75) is 5.75 Å². The number of anilines is 1. The molecule has 2 rings (SSSR count). The van der Waals surface area contributed by atoms with E-state index in [0.717, 1.165) is 9.21 Å². The quantitative estimate of drug-likeness (QED) is 0.699. The summed E-state index contributed by atoms with van der Waals surface area (Å²) in [5.74, 6) is 0.759. The molecule has 1 aromatic heterocycles. The fourth-order valence-corrected chi connectivity index (χ4v) is 3.74. The van der Waals surface area contributed by atoms with Gasteiger partial charge in [-0.3, -0.25) is 9.59 Å². The molecule has 24 heavy (non-hydrogen) atoms. The van der Waals surface area contributed by atoms with Gasteiger partial charge in [-0.2, -0.15) is 0 Å². The van der Waals surface area contributed by atoms with E-state index in [1.807, 2.05) is 12.1 Å². The third kappa shape index (κ3) is 6.43. The largest absolute Gasteiger partial charge is 0.497 e. The second-order valence-corrected chi connectivity index (χ2v) is 7.42. The number of amides is 1. The number of hydrogen-bond donors (Lipinski definition) is 1. The van der Waals surface area contributed by atoms with Gasteiger partial charge in [0, 0.05) is 16.3 Å². The second-order valence-electron chi connectivity index (χ2n) is 4.64. The highest BCUT2D eigenvalue weighted by atomic mass is 35.5. The molecule has 0 radical (unpaired) electrons. The lowest BCUT2D eigenvalue weighted by Gasteiger charge is -2.07. The molecule has 0 bridgehead atoms. The van der Waals surface area contributed by atoms with Gasteiger partial charge in [0.25, 0.3) is 5.91 Å². The highest BCUT2D eigenvalue weighted by Crippen LogP contribution is 2.25. The fraction of sp³-hybridized carbons (Fsp3) is 0.250. The molecule has 0 atom stereocenters. The average Bonchev–Trinajstić information content (AvgIpc) is 2.99. The van der Waals surface area contributed by atoms with Crippen LogP contribution in [-0.2, 0) is 20.1 Å². The topological polar surface area (TPSA) is 64.6 Å². The van der Waals surface area contributed by atoms with Gasteiger partial charge in [0.15, 0.2) is 6.61 Å². The molecule has 0 spiro atoms.